The summed E-state index contributed by atoms with van der Waals surface area (Å²) in [4.78, 5) is 10.7. The zero-order valence-electron chi connectivity index (χ0n) is 14.1. The molecule has 2 aliphatic heterocycles. The molecule has 1 aliphatic carbocycles. The molecule has 0 unspecified atom stereocenters. The zero-order chi connectivity index (χ0) is 18.6. The minimum atomic E-state index is -4.15. The van der Waals surface area contributed by atoms with E-state index in [9.17, 15) is 22.7 Å². The summed E-state index contributed by atoms with van der Waals surface area (Å²) in [6.45, 7) is 1.85. The van der Waals surface area contributed by atoms with E-state index in [0.717, 1.165) is 23.6 Å². The predicted molar refractivity (Wildman–Crippen MR) is 93.1 cm³/mol. The average Bonchev–Trinajstić information content (AvgIpc) is 2.63. The van der Waals surface area contributed by atoms with Crippen molar-refractivity contribution in [3.8, 4) is 0 Å². The number of aryl methyl sites for hydroxylation is 1. The number of hydrogen-bond donors (Lipinski definition) is 1. The lowest BCUT2D eigenvalue weighted by Gasteiger charge is -2.45. The van der Waals surface area contributed by atoms with Crippen molar-refractivity contribution in [1.29, 1.82) is 0 Å². The van der Waals surface area contributed by atoms with Crippen LogP contribution in [0.2, 0.25) is 0 Å². The topological polar surface area (TPSA) is 74.7 Å². The molecule has 2 heterocycles. The summed E-state index contributed by atoms with van der Waals surface area (Å²) >= 11 is 0. The van der Waals surface area contributed by atoms with Crippen LogP contribution in [0.15, 0.2) is 41.3 Å². The summed E-state index contributed by atoms with van der Waals surface area (Å²) in [6.07, 6.45) is 1.57. The number of piperidine rings is 1. The van der Waals surface area contributed by atoms with Crippen LogP contribution in [-0.4, -0.2) is 30.3 Å². The van der Waals surface area contributed by atoms with E-state index < -0.39 is 32.3 Å². The third-order valence-electron chi connectivity index (χ3n) is 5.33. The Labute approximate surface area is 151 Å². The van der Waals surface area contributed by atoms with Gasteiger partial charge in [0.15, 0.2) is 5.82 Å². The average molecular weight is 375 g/mol. The molecule has 26 heavy (non-hydrogen) atoms. The van der Waals surface area contributed by atoms with E-state index in [1.54, 1.807) is 6.92 Å². The number of halogens is 1. The van der Waals surface area contributed by atoms with Crippen LogP contribution in [0.25, 0.3) is 0 Å². The van der Waals surface area contributed by atoms with E-state index in [-0.39, 0.29) is 12.0 Å². The summed E-state index contributed by atoms with van der Waals surface area (Å²) in [5.41, 5.74) is 1.90. The van der Waals surface area contributed by atoms with Crippen molar-refractivity contribution < 1.29 is 22.7 Å². The van der Waals surface area contributed by atoms with E-state index in [1.165, 1.54) is 10.4 Å². The highest BCUT2D eigenvalue weighted by Gasteiger charge is 2.44. The normalized spacial score (nSPS) is 22.2. The Hall–Kier alpha value is -2.25. The molecule has 0 radical (unpaired) electrons. The summed E-state index contributed by atoms with van der Waals surface area (Å²) < 4.78 is 42.5. The fourth-order valence-electron chi connectivity index (χ4n) is 4.16. The van der Waals surface area contributed by atoms with Crippen molar-refractivity contribution in [2.24, 2.45) is 0 Å². The van der Waals surface area contributed by atoms with Gasteiger partial charge in [0.25, 0.3) is 0 Å². The van der Waals surface area contributed by atoms with Crippen LogP contribution in [-0.2, 0) is 10.0 Å². The Kier molecular flexibility index (Phi) is 3.89. The molecule has 0 amide bonds. The fraction of sp³-hybridized carbons (Fsp3) is 0.316. The van der Waals surface area contributed by atoms with Gasteiger partial charge in [-0.25, -0.2) is 17.6 Å². The van der Waals surface area contributed by atoms with Gasteiger partial charge in [-0.1, -0.05) is 24.3 Å². The molecule has 5 rings (SSSR count). The number of carbonyl (C=O) groups is 1. The molecule has 1 fully saturated rings. The molecule has 2 atom stereocenters. The third-order valence-corrected chi connectivity index (χ3v) is 7.21. The highest BCUT2D eigenvalue weighted by molar-refractivity contribution is 7.89. The van der Waals surface area contributed by atoms with E-state index in [2.05, 4.69) is 0 Å². The number of hydrogen-bond acceptors (Lipinski definition) is 3. The Morgan fingerprint density at radius 3 is 2.58 bits per heavy atom. The maximum Gasteiger partial charge on any atom is 0.338 e. The van der Waals surface area contributed by atoms with Crippen molar-refractivity contribution in [2.75, 3.05) is 6.54 Å². The lowest BCUT2D eigenvalue weighted by atomic mass is 9.76. The van der Waals surface area contributed by atoms with Crippen molar-refractivity contribution in [1.82, 2.24) is 4.31 Å². The molecule has 5 nitrogen and oxygen atoms in total. The molecule has 3 aliphatic rings. The minimum absolute atomic E-state index is 0.0813. The Balaban J connectivity index is 1.84. The Morgan fingerprint density at radius 2 is 1.88 bits per heavy atom. The van der Waals surface area contributed by atoms with Crippen LogP contribution >= 0.6 is 0 Å². The monoisotopic (exact) mass is 375 g/mol. The first-order valence-corrected chi connectivity index (χ1v) is 9.89. The van der Waals surface area contributed by atoms with Crippen LogP contribution in [0.5, 0.6) is 0 Å². The summed E-state index contributed by atoms with van der Waals surface area (Å²) in [6, 6.07) is 9.78. The maximum absolute atomic E-state index is 14.7. The van der Waals surface area contributed by atoms with Gasteiger partial charge in [0.2, 0.25) is 10.0 Å². The molecule has 1 N–H and O–H groups in total. The standard InChI is InChI=1S/C19H18FNO4S/c1-11-8-15(19(22)23)18(20)17(9-11)26(24,25)21-10-12-6-7-16(21)14-5-3-2-4-13(12)14/h2-5,8-9,12,16H,6-7,10H2,1H3,(H,22,23)/t12-,16+/m1/s1. The first-order chi connectivity index (χ1) is 12.3. The van der Waals surface area contributed by atoms with E-state index in [4.69, 9.17) is 0 Å². The number of fused-ring (bicyclic) bond motifs is 2. The first-order valence-electron chi connectivity index (χ1n) is 8.45. The van der Waals surface area contributed by atoms with Gasteiger partial charge in [-0.05, 0) is 54.5 Å². The van der Waals surface area contributed by atoms with Crippen molar-refractivity contribution >= 4 is 16.0 Å². The second-order valence-corrected chi connectivity index (χ2v) is 8.78. The largest absolute Gasteiger partial charge is 0.478 e. The van der Waals surface area contributed by atoms with Crippen molar-refractivity contribution in [2.45, 2.75) is 36.6 Å². The SMILES string of the molecule is Cc1cc(C(=O)O)c(F)c(S(=O)(=O)N2C[C@H]3CC[C@H]2c2ccccc23)c1. The highest BCUT2D eigenvalue weighted by Crippen LogP contribution is 2.48. The predicted octanol–water partition coefficient (Wildman–Crippen LogP) is 3.46. The number of carboxylic acids is 1. The zero-order valence-corrected chi connectivity index (χ0v) is 15.0. The van der Waals surface area contributed by atoms with Crippen LogP contribution < -0.4 is 0 Å². The second kappa shape index (κ2) is 5.89. The summed E-state index contributed by atoms with van der Waals surface area (Å²) in [7, 11) is -4.15. The fourth-order valence-corrected chi connectivity index (χ4v) is 6.01. The smallest absolute Gasteiger partial charge is 0.338 e. The van der Waals surface area contributed by atoms with E-state index >= 15 is 0 Å². The molecular formula is C19H18FNO4S. The van der Waals surface area contributed by atoms with Gasteiger partial charge in [0, 0.05) is 6.54 Å². The van der Waals surface area contributed by atoms with E-state index in [1.807, 2.05) is 24.3 Å². The molecule has 0 saturated carbocycles. The third kappa shape index (κ3) is 2.46. The van der Waals surface area contributed by atoms with Crippen LogP contribution in [0.4, 0.5) is 4.39 Å². The molecule has 2 bridgehead atoms. The Bertz CT molecular complexity index is 1020. The van der Waals surface area contributed by atoms with Crippen LogP contribution in [0, 0.1) is 12.7 Å². The molecule has 2 aromatic rings. The highest BCUT2D eigenvalue weighted by atomic mass is 32.2. The quantitative estimate of drug-likeness (QED) is 0.892. The number of rotatable bonds is 3. The lowest BCUT2D eigenvalue weighted by molar-refractivity contribution is 0.0691. The Morgan fingerprint density at radius 1 is 1.19 bits per heavy atom. The molecule has 0 spiro atoms. The van der Waals surface area contributed by atoms with E-state index in [0.29, 0.717) is 18.5 Å². The lowest BCUT2D eigenvalue weighted by Crippen LogP contribution is -2.45. The van der Waals surface area contributed by atoms with Crippen molar-refractivity contribution in [3.05, 3.63) is 64.5 Å². The number of carboxylic acid groups (broad SMARTS) is 1. The van der Waals surface area contributed by atoms with Gasteiger partial charge in [-0.2, -0.15) is 4.31 Å². The van der Waals surface area contributed by atoms with Gasteiger partial charge >= 0.3 is 5.97 Å². The van der Waals surface area contributed by atoms with Crippen LogP contribution in [0.1, 0.15) is 51.8 Å². The van der Waals surface area contributed by atoms with Gasteiger partial charge in [-0.3, -0.25) is 0 Å². The number of benzene rings is 2. The molecule has 2 aromatic carbocycles. The van der Waals surface area contributed by atoms with Gasteiger partial charge < -0.3 is 5.11 Å². The summed E-state index contributed by atoms with van der Waals surface area (Å²) in [5.74, 6) is -2.59. The molecule has 1 saturated heterocycles. The van der Waals surface area contributed by atoms with Gasteiger partial charge in [0.05, 0.1) is 11.6 Å². The molecule has 7 heteroatoms. The molecule has 0 aromatic heterocycles. The van der Waals surface area contributed by atoms with Gasteiger partial charge in [-0.15, -0.1) is 0 Å². The van der Waals surface area contributed by atoms with Crippen LogP contribution in [0.3, 0.4) is 0 Å². The van der Waals surface area contributed by atoms with Gasteiger partial charge in [0.1, 0.15) is 4.90 Å². The second-order valence-electron chi connectivity index (χ2n) is 6.92. The summed E-state index contributed by atoms with van der Waals surface area (Å²) in [5, 5.41) is 9.18. The first kappa shape index (κ1) is 17.2. The number of aromatic carboxylic acids is 1. The maximum atomic E-state index is 14.7. The number of nitrogens with zero attached hydrogens (tertiary/aromatic N) is 1. The molecule has 136 valence electrons. The molecular weight excluding hydrogens is 357 g/mol. The van der Waals surface area contributed by atoms with Crippen molar-refractivity contribution in [3.63, 3.8) is 0 Å². The minimum Gasteiger partial charge on any atom is -0.478 e. The number of sulfonamides is 1.